The maximum atomic E-state index is 13.7. The van der Waals surface area contributed by atoms with Crippen molar-refractivity contribution in [2.75, 3.05) is 13.2 Å². The van der Waals surface area contributed by atoms with Crippen LogP contribution in [0.2, 0.25) is 0 Å². The van der Waals surface area contributed by atoms with Gasteiger partial charge in [-0.05, 0) is 37.6 Å². The molecule has 2 aromatic rings. The molecule has 0 amide bonds. The van der Waals surface area contributed by atoms with Crippen molar-refractivity contribution < 1.29 is 27.1 Å². The molecule has 6 nitrogen and oxygen atoms in total. The molecule has 0 aliphatic carbocycles. The number of sulfonamides is 1. The molecule has 126 valence electrons. The SMILES string of the molecule is CCOc1ccc(S(=O)(=O)NCCC(O)c2ccoc2)cc1F. The predicted molar refractivity (Wildman–Crippen MR) is 81.0 cm³/mol. The number of furan rings is 1. The van der Waals surface area contributed by atoms with Gasteiger partial charge in [-0.2, -0.15) is 0 Å². The van der Waals surface area contributed by atoms with E-state index in [-0.39, 0.29) is 30.2 Å². The van der Waals surface area contributed by atoms with E-state index in [1.807, 2.05) is 0 Å². The summed E-state index contributed by atoms with van der Waals surface area (Å²) in [5.74, 6) is -0.741. The minimum absolute atomic E-state index is 0.00169. The minimum Gasteiger partial charge on any atom is -0.491 e. The number of aliphatic hydroxyl groups excluding tert-OH is 1. The fourth-order valence-electron chi connectivity index (χ4n) is 1.97. The lowest BCUT2D eigenvalue weighted by atomic mass is 10.1. The van der Waals surface area contributed by atoms with E-state index in [2.05, 4.69) is 4.72 Å². The molecule has 1 aromatic carbocycles. The Bertz CT molecular complexity index is 730. The quantitative estimate of drug-likeness (QED) is 0.767. The van der Waals surface area contributed by atoms with E-state index in [0.29, 0.717) is 5.56 Å². The van der Waals surface area contributed by atoms with Crippen LogP contribution in [0.15, 0.2) is 46.1 Å². The van der Waals surface area contributed by atoms with Crippen LogP contribution in [0.1, 0.15) is 25.0 Å². The maximum absolute atomic E-state index is 13.7. The summed E-state index contributed by atoms with van der Waals surface area (Å²) in [5.41, 5.74) is 0.566. The van der Waals surface area contributed by atoms with Crippen molar-refractivity contribution in [3.63, 3.8) is 0 Å². The van der Waals surface area contributed by atoms with Gasteiger partial charge in [0.05, 0.1) is 30.1 Å². The summed E-state index contributed by atoms with van der Waals surface area (Å²) in [6.07, 6.45) is 2.14. The number of hydrogen-bond acceptors (Lipinski definition) is 5. The largest absolute Gasteiger partial charge is 0.491 e. The number of rotatable bonds is 8. The summed E-state index contributed by atoms with van der Waals surface area (Å²) >= 11 is 0. The van der Waals surface area contributed by atoms with Gasteiger partial charge in [0.25, 0.3) is 0 Å². The van der Waals surface area contributed by atoms with Gasteiger partial charge < -0.3 is 14.3 Å². The Labute approximate surface area is 133 Å². The molecule has 0 fully saturated rings. The Balaban J connectivity index is 1.97. The third-order valence-corrected chi connectivity index (χ3v) is 4.61. The third kappa shape index (κ3) is 4.54. The molecular weight excluding hydrogens is 325 g/mol. The zero-order valence-corrected chi connectivity index (χ0v) is 13.3. The Kier molecular flexibility index (Phi) is 5.75. The highest BCUT2D eigenvalue weighted by Gasteiger charge is 2.17. The molecule has 8 heteroatoms. The van der Waals surface area contributed by atoms with Gasteiger partial charge >= 0.3 is 0 Å². The van der Waals surface area contributed by atoms with Crippen LogP contribution >= 0.6 is 0 Å². The maximum Gasteiger partial charge on any atom is 0.240 e. The van der Waals surface area contributed by atoms with E-state index in [1.54, 1.807) is 13.0 Å². The summed E-state index contributed by atoms with van der Waals surface area (Å²) < 4.78 is 50.1. The Hall–Kier alpha value is -1.90. The van der Waals surface area contributed by atoms with Crippen LogP contribution in [0.25, 0.3) is 0 Å². The van der Waals surface area contributed by atoms with Crippen LogP contribution in [0, 0.1) is 5.82 Å². The normalized spacial score (nSPS) is 13.0. The average Bonchev–Trinajstić information content (AvgIpc) is 3.03. The van der Waals surface area contributed by atoms with Gasteiger partial charge in [-0.25, -0.2) is 17.5 Å². The summed E-state index contributed by atoms with van der Waals surface area (Å²) in [5, 5.41) is 9.85. The van der Waals surface area contributed by atoms with Gasteiger partial charge in [0.2, 0.25) is 10.0 Å². The smallest absolute Gasteiger partial charge is 0.240 e. The van der Waals surface area contributed by atoms with Gasteiger partial charge in [0, 0.05) is 12.1 Å². The van der Waals surface area contributed by atoms with E-state index in [4.69, 9.17) is 9.15 Å². The Morgan fingerprint density at radius 2 is 2.17 bits per heavy atom. The van der Waals surface area contributed by atoms with Gasteiger partial charge in [0.15, 0.2) is 11.6 Å². The van der Waals surface area contributed by atoms with Crippen molar-refractivity contribution in [3.8, 4) is 5.75 Å². The lowest BCUT2D eigenvalue weighted by Crippen LogP contribution is -2.26. The number of ether oxygens (including phenoxy) is 1. The number of benzene rings is 1. The molecule has 0 bridgehead atoms. The van der Waals surface area contributed by atoms with Crippen molar-refractivity contribution in [2.45, 2.75) is 24.3 Å². The zero-order valence-electron chi connectivity index (χ0n) is 12.5. The molecule has 1 aromatic heterocycles. The second-order valence-electron chi connectivity index (χ2n) is 4.78. The first-order valence-corrected chi connectivity index (χ1v) is 8.54. The second-order valence-corrected chi connectivity index (χ2v) is 6.55. The number of aliphatic hydroxyl groups is 1. The van der Waals surface area contributed by atoms with Crippen LogP contribution in [-0.2, 0) is 10.0 Å². The van der Waals surface area contributed by atoms with Gasteiger partial charge in [-0.1, -0.05) is 0 Å². The third-order valence-electron chi connectivity index (χ3n) is 3.15. The molecule has 0 aliphatic rings. The molecule has 0 radical (unpaired) electrons. The van der Waals surface area contributed by atoms with Crippen LogP contribution in [0.3, 0.4) is 0 Å². The zero-order chi connectivity index (χ0) is 16.9. The first-order valence-electron chi connectivity index (χ1n) is 7.06. The topological polar surface area (TPSA) is 88.8 Å². The van der Waals surface area contributed by atoms with E-state index < -0.39 is 21.9 Å². The first kappa shape index (κ1) is 17.5. The van der Waals surface area contributed by atoms with E-state index in [9.17, 15) is 17.9 Å². The fourth-order valence-corrected chi connectivity index (χ4v) is 3.02. The molecule has 1 atom stereocenters. The van der Waals surface area contributed by atoms with Crippen molar-refractivity contribution >= 4 is 10.0 Å². The highest BCUT2D eigenvalue weighted by Crippen LogP contribution is 2.21. The number of hydrogen-bond donors (Lipinski definition) is 2. The van der Waals surface area contributed by atoms with Crippen molar-refractivity contribution in [1.29, 1.82) is 0 Å². The number of halogens is 1. The van der Waals surface area contributed by atoms with Crippen LogP contribution in [0.4, 0.5) is 4.39 Å². The molecular formula is C15H18FNO5S. The van der Waals surface area contributed by atoms with Crippen LogP contribution in [0.5, 0.6) is 5.75 Å². The monoisotopic (exact) mass is 343 g/mol. The first-order chi connectivity index (χ1) is 10.9. The highest BCUT2D eigenvalue weighted by molar-refractivity contribution is 7.89. The number of nitrogens with one attached hydrogen (secondary N) is 1. The molecule has 0 saturated heterocycles. The van der Waals surface area contributed by atoms with Gasteiger partial charge in [-0.15, -0.1) is 0 Å². The molecule has 2 N–H and O–H groups in total. The standard InChI is InChI=1S/C15H18FNO5S/c1-2-22-15-4-3-12(9-13(15)16)23(19,20)17-7-5-14(18)11-6-8-21-10-11/h3-4,6,8-10,14,17-18H,2,5,7H2,1H3. The van der Waals surface area contributed by atoms with E-state index >= 15 is 0 Å². The Morgan fingerprint density at radius 3 is 2.78 bits per heavy atom. The second kappa shape index (κ2) is 7.58. The molecule has 1 heterocycles. The molecule has 23 heavy (non-hydrogen) atoms. The predicted octanol–water partition coefficient (Wildman–Crippen LogP) is 2.22. The lowest BCUT2D eigenvalue weighted by molar-refractivity contribution is 0.168. The van der Waals surface area contributed by atoms with Crippen molar-refractivity contribution in [2.24, 2.45) is 0 Å². The Morgan fingerprint density at radius 1 is 1.39 bits per heavy atom. The lowest BCUT2D eigenvalue weighted by Gasteiger charge is -2.11. The van der Waals surface area contributed by atoms with Crippen LogP contribution < -0.4 is 9.46 Å². The molecule has 2 rings (SSSR count). The molecule has 0 saturated carbocycles. The van der Waals surface area contributed by atoms with Crippen molar-refractivity contribution in [1.82, 2.24) is 4.72 Å². The highest BCUT2D eigenvalue weighted by atomic mass is 32.2. The van der Waals surface area contributed by atoms with Crippen LogP contribution in [-0.4, -0.2) is 26.7 Å². The average molecular weight is 343 g/mol. The van der Waals surface area contributed by atoms with Gasteiger partial charge in [0.1, 0.15) is 0 Å². The van der Waals surface area contributed by atoms with E-state index in [1.165, 1.54) is 24.7 Å². The summed E-state index contributed by atoms with van der Waals surface area (Å²) in [4.78, 5) is -0.198. The fraction of sp³-hybridized carbons (Fsp3) is 0.333. The summed E-state index contributed by atoms with van der Waals surface area (Å²) in [6.45, 7) is 1.99. The van der Waals surface area contributed by atoms with Crippen molar-refractivity contribution in [3.05, 3.63) is 48.2 Å². The van der Waals surface area contributed by atoms with E-state index in [0.717, 1.165) is 6.07 Å². The molecule has 0 aliphatic heterocycles. The summed E-state index contributed by atoms with van der Waals surface area (Å²) in [6, 6.07) is 5.04. The molecule has 0 spiro atoms. The molecule has 1 unspecified atom stereocenters. The summed E-state index contributed by atoms with van der Waals surface area (Å²) in [7, 11) is -3.86. The minimum atomic E-state index is -3.86. The van der Waals surface area contributed by atoms with Gasteiger partial charge in [-0.3, -0.25) is 0 Å².